The first-order chi connectivity index (χ1) is 13.2. The minimum Gasteiger partial charge on any atom is -0.0886 e. The van der Waals surface area contributed by atoms with Gasteiger partial charge < -0.3 is 0 Å². The highest BCUT2D eigenvalue weighted by molar-refractivity contribution is 6.33. The van der Waals surface area contributed by atoms with Gasteiger partial charge in [-0.25, -0.2) is 0 Å². The van der Waals surface area contributed by atoms with E-state index in [4.69, 9.17) is 0 Å². The summed E-state index contributed by atoms with van der Waals surface area (Å²) >= 11 is 0. The molecule has 0 heterocycles. The molecular weight excluding hydrogens is 322 g/mol. The second-order valence-corrected chi connectivity index (χ2v) is 7.94. The number of hydrogen-bond donors (Lipinski definition) is 0. The van der Waals surface area contributed by atoms with Gasteiger partial charge in [-0.1, -0.05) is 95.9 Å². The summed E-state index contributed by atoms with van der Waals surface area (Å²) in [6, 6.07) is 31.9. The SMILES string of the molecule is Bc1ccc2c(c1)C1(c3ccccc3-2)c2ccccc2-c2ccc(B)cc21. The molecule has 27 heavy (non-hydrogen) atoms. The van der Waals surface area contributed by atoms with Crippen LogP contribution in [0.5, 0.6) is 0 Å². The van der Waals surface area contributed by atoms with Crippen LogP contribution in [0.3, 0.4) is 0 Å². The summed E-state index contributed by atoms with van der Waals surface area (Å²) < 4.78 is 0. The highest BCUT2D eigenvalue weighted by Crippen LogP contribution is 2.62. The summed E-state index contributed by atoms with van der Waals surface area (Å²) in [5.41, 5.74) is 13.6. The maximum absolute atomic E-state index is 2.41. The van der Waals surface area contributed by atoms with E-state index >= 15 is 0 Å². The third-order valence-electron chi connectivity index (χ3n) is 6.40. The standard InChI is InChI=1S/C25H18B2/c26-15-9-11-19-17-5-1-3-7-21(17)25(23(19)13-15)22-8-4-2-6-18(22)20-12-10-16(27)14-24(20)25/h1-14H,26-27H2. The zero-order valence-corrected chi connectivity index (χ0v) is 15.6. The number of hydrogen-bond acceptors (Lipinski definition) is 0. The van der Waals surface area contributed by atoms with E-state index in [1.54, 1.807) is 0 Å². The smallest absolute Gasteiger partial charge is 0.0886 e. The molecule has 2 heteroatoms. The Hall–Kier alpha value is -2.99. The Morgan fingerprint density at radius 1 is 0.444 bits per heavy atom. The van der Waals surface area contributed by atoms with Gasteiger partial charge in [-0.3, -0.25) is 0 Å². The number of rotatable bonds is 0. The van der Waals surface area contributed by atoms with Gasteiger partial charge in [0.05, 0.1) is 5.41 Å². The monoisotopic (exact) mass is 340 g/mol. The predicted octanol–water partition coefficient (Wildman–Crippen LogP) is 2.55. The molecule has 0 aromatic heterocycles. The van der Waals surface area contributed by atoms with Gasteiger partial charge in [0, 0.05) is 0 Å². The topological polar surface area (TPSA) is 0 Å². The van der Waals surface area contributed by atoms with Gasteiger partial charge in [-0.15, -0.1) is 0 Å². The van der Waals surface area contributed by atoms with E-state index in [9.17, 15) is 0 Å². The molecule has 2 aliphatic rings. The molecule has 4 aromatic rings. The van der Waals surface area contributed by atoms with Crippen molar-refractivity contribution in [2.45, 2.75) is 5.41 Å². The Balaban J connectivity index is 1.88. The molecule has 0 radical (unpaired) electrons. The van der Waals surface area contributed by atoms with Gasteiger partial charge in [0.1, 0.15) is 15.7 Å². The minimum absolute atomic E-state index is 0.199. The minimum atomic E-state index is -0.199. The molecule has 0 unspecified atom stereocenters. The van der Waals surface area contributed by atoms with Crippen molar-refractivity contribution in [3.05, 3.63) is 107 Å². The zero-order valence-electron chi connectivity index (χ0n) is 15.6. The third-order valence-corrected chi connectivity index (χ3v) is 6.40. The van der Waals surface area contributed by atoms with E-state index in [0.717, 1.165) is 0 Å². The van der Waals surface area contributed by atoms with Gasteiger partial charge >= 0.3 is 0 Å². The molecule has 0 nitrogen and oxygen atoms in total. The second kappa shape index (κ2) is 5.04. The third kappa shape index (κ3) is 1.71. The first-order valence-corrected chi connectivity index (χ1v) is 9.63. The quantitative estimate of drug-likeness (QED) is 0.373. The Bertz CT molecular complexity index is 1150. The van der Waals surface area contributed by atoms with Crippen LogP contribution in [-0.4, -0.2) is 15.7 Å². The molecule has 0 atom stereocenters. The Morgan fingerprint density at radius 2 is 0.852 bits per heavy atom. The molecule has 1 spiro atoms. The summed E-state index contributed by atoms with van der Waals surface area (Å²) in [5.74, 6) is 0. The number of benzene rings is 4. The van der Waals surface area contributed by atoms with Crippen LogP contribution in [-0.2, 0) is 5.41 Å². The molecule has 124 valence electrons. The van der Waals surface area contributed by atoms with Gasteiger partial charge in [0.25, 0.3) is 0 Å². The van der Waals surface area contributed by atoms with Crippen molar-refractivity contribution in [3.63, 3.8) is 0 Å². The molecule has 0 saturated carbocycles. The Labute approximate surface area is 161 Å². The van der Waals surface area contributed by atoms with Crippen molar-refractivity contribution in [1.82, 2.24) is 0 Å². The molecule has 0 saturated heterocycles. The van der Waals surface area contributed by atoms with Gasteiger partial charge in [-0.2, -0.15) is 0 Å². The molecule has 4 aromatic carbocycles. The van der Waals surface area contributed by atoms with Crippen LogP contribution in [0, 0.1) is 0 Å². The molecule has 0 aliphatic heterocycles. The van der Waals surface area contributed by atoms with Gasteiger partial charge in [0.2, 0.25) is 0 Å². The predicted molar refractivity (Wildman–Crippen MR) is 119 cm³/mol. The highest BCUT2D eigenvalue weighted by atomic mass is 14.5. The molecule has 0 amide bonds. The summed E-state index contributed by atoms with van der Waals surface area (Å²) in [5, 5.41) is 0. The molecular formula is C25H18B2. The normalized spacial score (nSPS) is 14.5. The van der Waals surface area contributed by atoms with Crippen molar-refractivity contribution in [1.29, 1.82) is 0 Å². The average molecular weight is 340 g/mol. The van der Waals surface area contributed by atoms with Crippen LogP contribution in [0.2, 0.25) is 0 Å². The molecule has 6 rings (SSSR count). The molecule has 2 aliphatic carbocycles. The fourth-order valence-corrected chi connectivity index (χ4v) is 5.37. The summed E-state index contributed by atoms with van der Waals surface area (Å²) in [4.78, 5) is 0. The van der Waals surface area contributed by atoms with Crippen molar-refractivity contribution in [2.75, 3.05) is 0 Å². The summed E-state index contributed by atoms with van der Waals surface area (Å²) in [6.07, 6.45) is 0. The van der Waals surface area contributed by atoms with E-state index in [-0.39, 0.29) is 5.41 Å². The van der Waals surface area contributed by atoms with E-state index in [2.05, 4.69) is 101 Å². The first kappa shape index (κ1) is 15.1. The lowest BCUT2D eigenvalue weighted by Crippen LogP contribution is -2.28. The zero-order chi connectivity index (χ0) is 18.2. The summed E-state index contributed by atoms with van der Waals surface area (Å²) in [6.45, 7) is 0. The lowest BCUT2D eigenvalue weighted by atomic mass is 9.69. The van der Waals surface area contributed by atoms with Crippen LogP contribution in [0.15, 0.2) is 84.9 Å². The van der Waals surface area contributed by atoms with Crippen molar-refractivity contribution in [2.24, 2.45) is 0 Å². The fourth-order valence-electron chi connectivity index (χ4n) is 5.37. The van der Waals surface area contributed by atoms with E-state index in [1.165, 1.54) is 55.4 Å². The average Bonchev–Trinajstić information content (AvgIpc) is 3.14. The molecule has 0 fully saturated rings. The van der Waals surface area contributed by atoms with Crippen molar-refractivity contribution < 1.29 is 0 Å². The Kier molecular flexibility index (Phi) is 2.82. The number of fused-ring (bicyclic) bond motifs is 10. The fraction of sp³-hybridized carbons (Fsp3) is 0.0400. The van der Waals surface area contributed by atoms with Crippen molar-refractivity contribution in [3.8, 4) is 22.3 Å². The molecule has 0 N–H and O–H groups in total. The lowest BCUT2D eigenvalue weighted by Gasteiger charge is -2.31. The van der Waals surface area contributed by atoms with Crippen LogP contribution < -0.4 is 10.9 Å². The molecule has 0 bridgehead atoms. The first-order valence-electron chi connectivity index (χ1n) is 9.63. The Morgan fingerprint density at radius 3 is 1.33 bits per heavy atom. The van der Waals surface area contributed by atoms with E-state index in [1.807, 2.05) is 0 Å². The van der Waals surface area contributed by atoms with Crippen LogP contribution in [0.25, 0.3) is 22.3 Å². The summed E-state index contributed by atoms with van der Waals surface area (Å²) in [7, 11) is 4.41. The van der Waals surface area contributed by atoms with Gasteiger partial charge in [0.15, 0.2) is 0 Å². The second-order valence-electron chi connectivity index (χ2n) is 7.94. The highest BCUT2D eigenvalue weighted by Gasteiger charge is 2.51. The van der Waals surface area contributed by atoms with Crippen LogP contribution in [0.4, 0.5) is 0 Å². The maximum Gasteiger partial charge on any atom is 0.139 e. The van der Waals surface area contributed by atoms with E-state index in [0.29, 0.717) is 0 Å². The van der Waals surface area contributed by atoms with Crippen LogP contribution >= 0.6 is 0 Å². The van der Waals surface area contributed by atoms with Crippen molar-refractivity contribution >= 4 is 26.6 Å². The largest absolute Gasteiger partial charge is 0.139 e. The van der Waals surface area contributed by atoms with Gasteiger partial charge in [-0.05, 0) is 44.5 Å². The van der Waals surface area contributed by atoms with E-state index < -0.39 is 0 Å². The maximum atomic E-state index is 2.41. The lowest BCUT2D eigenvalue weighted by molar-refractivity contribution is 0.795. The van der Waals surface area contributed by atoms with Crippen LogP contribution in [0.1, 0.15) is 22.3 Å².